The zero-order valence-corrected chi connectivity index (χ0v) is 11.5. The molecule has 2 N–H and O–H groups in total. The van der Waals surface area contributed by atoms with E-state index < -0.39 is 23.7 Å². The lowest BCUT2D eigenvalue weighted by Crippen LogP contribution is -2.54. The summed E-state index contributed by atoms with van der Waals surface area (Å²) in [4.78, 5) is 24.8. The quantitative estimate of drug-likeness (QED) is 0.876. The SMILES string of the molecule is NC(=O)C1COCCN1C(=O)c1cc(Br)ccc1F. The van der Waals surface area contributed by atoms with E-state index in [2.05, 4.69) is 15.9 Å². The Hall–Kier alpha value is -1.47. The van der Waals surface area contributed by atoms with Crippen molar-refractivity contribution in [1.29, 1.82) is 0 Å². The summed E-state index contributed by atoms with van der Waals surface area (Å²) >= 11 is 3.18. The number of morpholine rings is 1. The highest BCUT2D eigenvalue weighted by atomic mass is 79.9. The lowest BCUT2D eigenvalue weighted by Gasteiger charge is -2.33. The maximum atomic E-state index is 13.7. The van der Waals surface area contributed by atoms with Crippen molar-refractivity contribution in [2.24, 2.45) is 5.73 Å². The second-order valence-corrected chi connectivity index (χ2v) is 5.03. The van der Waals surface area contributed by atoms with Crippen LogP contribution in [-0.2, 0) is 9.53 Å². The van der Waals surface area contributed by atoms with Crippen molar-refractivity contribution < 1.29 is 18.7 Å². The Morgan fingerprint density at radius 3 is 2.89 bits per heavy atom. The number of carbonyl (C=O) groups is 2. The van der Waals surface area contributed by atoms with Crippen molar-refractivity contribution in [3.63, 3.8) is 0 Å². The molecule has 2 amide bonds. The summed E-state index contributed by atoms with van der Waals surface area (Å²) in [6.45, 7) is 0.542. The fourth-order valence-electron chi connectivity index (χ4n) is 1.90. The summed E-state index contributed by atoms with van der Waals surface area (Å²) in [5.41, 5.74) is 5.13. The summed E-state index contributed by atoms with van der Waals surface area (Å²) in [6.07, 6.45) is 0. The van der Waals surface area contributed by atoms with Crippen molar-refractivity contribution in [2.75, 3.05) is 19.8 Å². The first-order valence-corrected chi connectivity index (χ1v) is 6.43. The second kappa shape index (κ2) is 5.66. The van der Waals surface area contributed by atoms with Gasteiger partial charge in [-0.3, -0.25) is 9.59 Å². The lowest BCUT2D eigenvalue weighted by atomic mass is 10.1. The topological polar surface area (TPSA) is 72.6 Å². The molecule has 1 aliphatic heterocycles. The second-order valence-electron chi connectivity index (χ2n) is 4.12. The van der Waals surface area contributed by atoms with Gasteiger partial charge in [0.05, 0.1) is 18.8 Å². The fourth-order valence-corrected chi connectivity index (χ4v) is 2.26. The van der Waals surface area contributed by atoms with Crippen molar-refractivity contribution in [3.8, 4) is 0 Å². The predicted molar refractivity (Wildman–Crippen MR) is 68.9 cm³/mol. The van der Waals surface area contributed by atoms with Gasteiger partial charge in [-0.2, -0.15) is 0 Å². The van der Waals surface area contributed by atoms with Crippen LogP contribution in [0, 0.1) is 5.82 Å². The van der Waals surface area contributed by atoms with Crippen LogP contribution in [0.25, 0.3) is 0 Å². The molecule has 1 fully saturated rings. The molecule has 0 aliphatic carbocycles. The number of nitrogens with two attached hydrogens (primary N) is 1. The molecule has 0 radical (unpaired) electrons. The van der Waals surface area contributed by atoms with E-state index in [0.29, 0.717) is 11.1 Å². The summed E-state index contributed by atoms with van der Waals surface area (Å²) in [5.74, 6) is -1.86. The summed E-state index contributed by atoms with van der Waals surface area (Å²) < 4.78 is 19.4. The molecule has 7 heteroatoms. The molecular formula is C12H12BrFN2O3. The molecule has 1 saturated heterocycles. The molecule has 2 rings (SSSR count). The van der Waals surface area contributed by atoms with E-state index in [9.17, 15) is 14.0 Å². The Morgan fingerprint density at radius 2 is 2.21 bits per heavy atom. The van der Waals surface area contributed by atoms with Crippen LogP contribution < -0.4 is 5.73 Å². The normalized spacial score (nSPS) is 19.3. The standard InChI is InChI=1S/C12H12BrFN2O3/c13-7-1-2-9(14)8(5-7)12(18)16-3-4-19-6-10(16)11(15)17/h1-2,5,10H,3-4,6H2,(H2,15,17). The number of hydrogen-bond acceptors (Lipinski definition) is 3. The van der Waals surface area contributed by atoms with Gasteiger partial charge in [0.1, 0.15) is 11.9 Å². The van der Waals surface area contributed by atoms with Crippen molar-refractivity contribution in [1.82, 2.24) is 4.90 Å². The number of halogens is 2. The molecule has 5 nitrogen and oxygen atoms in total. The van der Waals surface area contributed by atoms with Crippen LogP contribution >= 0.6 is 15.9 Å². The van der Waals surface area contributed by atoms with Crippen LogP contribution in [0.1, 0.15) is 10.4 Å². The van der Waals surface area contributed by atoms with E-state index >= 15 is 0 Å². The summed E-state index contributed by atoms with van der Waals surface area (Å²) in [7, 11) is 0. The van der Waals surface area contributed by atoms with Gasteiger partial charge in [-0.25, -0.2) is 4.39 Å². The monoisotopic (exact) mass is 330 g/mol. The summed E-state index contributed by atoms with van der Waals surface area (Å²) in [6, 6.07) is 3.21. The van der Waals surface area contributed by atoms with Gasteiger partial charge < -0.3 is 15.4 Å². The molecule has 0 spiro atoms. The highest BCUT2D eigenvalue weighted by Crippen LogP contribution is 2.19. The van der Waals surface area contributed by atoms with Crippen LogP contribution in [0.15, 0.2) is 22.7 Å². The molecule has 1 aromatic rings. The molecule has 1 aliphatic rings. The highest BCUT2D eigenvalue weighted by molar-refractivity contribution is 9.10. The van der Waals surface area contributed by atoms with Gasteiger partial charge in [-0.05, 0) is 18.2 Å². The van der Waals surface area contributed by atoms with Crippen LogP contribution in [-0.4, -0.2) is 42.5 Å². The molecule has 1 heterocycles. The van der Waals surface area contributed by atoms with Gasteiger partial charge in [0.15, 0.2) is 0 Å². The number of nitrogens with zero attached hydrogens (tertiary/aromatic N) is 1. The Morgan fingerprint density at radius 1 is 1.47 bits per heavy atom. The number of carbonyl (C=O) groups excluding carboxylic acids is 2. The van der Waals surface area contributed by atoms with E-state index in [4.69, 9.17) is 10.5 Å². The van der Waals surface area contributed by atoms with Crippen LogP contribution in [0.3, 0.4) is 0 Å². The minimum atomic E-state index is -0.861. The van der Waals surface area contributed by atoms with Crippen molar-refractivity contribution >= 4 is 27.7 Å². The molecule has 0 saturated carbocycles. The summed E-state index contributed by atoms with van der Waals surface area (Å²) in [5, 5.41) is 0. The Balaban J connectivity index is 2.31. The first kappa shape index (κ1) is 14.0. The maximum Gasteiger partial charge on any atom is 0.257 e. The van der Waals surface area contributed by atoms with Crippen LogP contribution in [0.2, 0.25) is 0 Å². The van der Waals surface area contributed by atoms with E-state index in [1.807, 2.05) is 0 Å². The van der Waals surface area contributed by atoms with Gasteiger partial charge in [-0.1, -0.05) is 15.9 Å². The molecule has 1 unspecified atom stereocenters. The zero-order valence-electron chi connectivity index (χ0n) is 9.94. The molecule has 102 valence electrons. The first-order chi connectivity index (χ1) is 9.00. The number of ether oxygens (including phenoxy) is 1. The van der Waals surface area contributed by atoms with Crippen molar-refractivity contribution in [3.05, 3.63) is 34.1 Å². The first-order valence-electron chi connectivity index (χ1n) is 5.64. The number of primary amides is 1. The minimum absolute atomic E-state index is 0.0384. The van der Waals surface area contributed by atoms with Gasteiger partial charge >= 0.3 is 0 Å². The maximum absolute atomic E-state index is 13.7. The number of hydrogen-bond donors (Lipinski definition) is 1. The lowest BCUT2D eigenvalue weighted by molar-refractivity contribution is -0.127. The molecule has 1 atom stereocenters. The van der Waals surface area contributed by atoms with E-state index in [-0.39, 0.29) is 18.7 Å². The average Bonchev–Trinajstić information content (AvgIpc) is 2.40. The smallest absolute Gasteiger partial charge is 0.257 e. The molecule has 0 aromatic heterocycles. The Bertz CT molecular complexity index is 524. The van der Waals surface area contributed by atoms with Gasteiger partial charge in [0.25, 0.3) is 5.91 Å². The molecule has 0 bridgehead atoms. The van der Waals surface area contributed by atoms with Crippen LogP contribution in [0.5, 0.6) is 0 Å². The predicted octanol–water partition coefficient (Wildman–Crippen LogP) is 0.915. The van der Waals surface area contributed by atoms with E-state index in [1.165, 1.54) is 23.1 Å². The van der Waals surface area contributed by atoms with E-state index in [0.717, 1.165) is 0 Å². The molecular weight excluding hydrogens is 319 g/mol. The van der Waals surface area contributed by atoms with E-state index in [1.54, 1.807) is 0 Å². The fraction of sp³-hybridized carbons (Fsp3) is 0.333. The zero-order chi connectivity index (χ0) is 14.0. The van der Waals surface area contributed by atoms with Gasteiger partial charge in [0.2, 0.25) is 5.91 Å². The minimum Gasteiger partial charge on any atom is -0.377 e. The number of rotatable bonds is 2. The Labute approximate surface area is 117 Å². The molecule has 1 aromatic carbocycles. The molecule has 19 heavy (non-hydrogen) atoms. The largest absolute Gasteiger partial charge is 0.377 e. The highest BCUT2D eigenvalue weighted by Gasteiger charge is 2.33. The van der Waals surface area contributed by atoms with Gasteiger partial charge in [-0.15, -0.1) is 0 Å². The van der Waals surface area contributed by atoms with Gasteiger partial charge in [0, 0.05) is 11.0 Å². The Kier molecular flexibility index (Phi) is 4.16. The number of amides is 2. The van der Waals surface area contributed by atoms with Crippen LogP contribution in [0.4, 0.5) is 4.39 Å². The number of benzene rings is 1. The van der Waals surface area contributed by atoms with Crippen molar-refractivity contribution in [2.45, 2.75) is 6.04 Å². The third kappa shape index (κ3) is 2.93. The average molecular weight is 331 g/mol. The third-order valence-corrected chi connectivity index (χ3v) is 3.37. The third-order valence-electron chi connectivity index (χ3n) is 2.88.